The average molecular weight is 841 g/mol. The van der Waals surface area contributed by atoms with Gasteiger partial charge in [0.2, 0.25) is 12.8 Å². The highest BCUT2D eigenvalue weighted by molar-refractivity contribution is 5.89. The van der Waals surface area contributed by atoms with E-state index in [1.165, 1.54) is 23.3 Å². The minimum Gasteiger partial charge on any atom is -0.506 e. The number of nitrogens with one attached hydrogen (secondary N) is 4. The molecule has 0 aliphatic heterocycles. The Hall–Kier alpha value is -6.54. The molecule has 0 aliphatic rings. The van der Waals surface area contributed by atoms with Gasteiger partial charge in [0.25, 0.3) is 0 Å². The Morgan fingerprint density at radius 2 is 0.933 bits per heavy atom. The zero-order valence-electron chi connectivity index (χ0n) is 33.7. The second-order valence-electron chi connectivity index (χ2n) is 12.8. The van der Waals surface area contributed by atoms with Crippen LogP contribution < -0.4 is 30.7 Å². The number of hydrogen-bond acceptors (Lipinski definition) is 12. The van der Waals surface area contributed by atoms with Gasteiger partial charge in [-0.05, 0) is 97.5 Å². The Morgan fingerprint density at radius 3 is 1.22 bits per heavy atom. The van der Waals surface area contributed by atoms with Crippen LogP contribution >= 0.6 is 0 Å². The molecular weight excluding hydrogens is 784 g/mol. The molecule has 0 aliphatic carbocycles. The van der Waals surface area contributed by atoms with Crippen molar-refractivity contribution in [3.8, 4) is 23.0 Å². The highest BCUT2D eigenvalue weighted by atomic mass is 16.5. The molecule has 0 aromatic heterocycles. The fourth-order valence-electron chi connectivity index (χ4n) is 5.26. The number of aromatic hydroxyl groups is 2. The van der Waals surface area contributed by atoms with E-state index >= 15 is 0 Å². The van der Waals surface area contributed by atoms with E-state index in [1.807, 2.05) is 62.4 Å². The number of ether oxygens (including phenoxy) is 2. The van der Waals surface area contributed by atoms with E-state index in [9.17, 15) is 39.6 Å². The lowest BCUT2D eigenvalue weighted by molar-refractivity contribution is -0.134. The number of hydrogen-bond donors (Lipinski definition) is 10. The Bertz CT molecular complexity index is 1770. The standard InChI is InChI=1S/2C19H24N2O4.C4H4O4.2H2O/c2*1-13(9-14-3-6-16(25-2)7-4-14)20-11-19(24)15-5-8-18(23)17(10-15)21-12-22;5-3(6)1-2-4(7)8;;/h2*3-8,10,12-13,19-20,23-24H,9,11H2,1-2H3,(H,21,22);1-2H,(H,5,6)(H,7,8);2*1H2/b;;2-1+;;/t2*13-,19+;;;/m00.../s1. The number of phenols is 2. The molecule has 4 aromatic rings. The van der Waals surface area contributed by atoms with Crippen molar-refractivity contribution in [3.05, 3.63) is 119 Å². The Labute approximate surface area is 347 Å². The number of phenolic OH excluding ortho intramolecular Hbond substituents is 2. The van der Waals surface area contributed by atoms with E-state index in [4.69, 9.17) is 19.7 Å². The molecule has 18 heteroatoms. The monoisotopic (exact) mass is 840 g/mol. The molecule has 0 saturated carbocycles. The molecule has 0 heterocycles. The van der Waals surface area contributed by atoms with Crippen LogP contribution in [-0.2, 0) is 32.0 Å². The van der Waals surface area contributed by atoms with Crippen molar-refractivity contribution in [2.24, 2.45) is 0 Å². The number of anilines is 2. The molecule has 0 bridgehead atoms. The maximum Gasteiger partial charge on any atom is 0.328 e. The van der Waals surface area contributed by atoms with Gasteiger partial charge in [-0.15, -0.1) is 0 Å². The van der Waals surface area contributed by atoms with Crippen LogP contribution in [0.1, 0.15) is 48.3 Å². The summed E-state index contributed by atoms with van der Waals surface area (Å²) < 4.78 is 10.3. The molecule has 0 saturated heterocycles. The fourth-order valence-corrected chi connectivity index (χ4v) is 5.26. The third-order valence-electron chi connectivity index (χ3n) is 8.33. The molecule has 2 amide bonds. The number of rotatable bonds is 20. The first-order chi connectivity index (χ1) is 27.7. The lowest BCUT2D eigenvalue weighted by atomic mass is 10.1. The molecular formula is C42H56N4O14. The predicted octanol–water partition coefficient (Wildman–Crippen LogP) is 2.51. The van der Waals surface area contributed by atoms with Gasteiger partial charge in [0.1, 0.15) is 23.0 Å². The molecule has 0 fully saturated rings. The van der Waals surface area contributed by atoms with Gasteiger partial charge in [0.05, 0.1) is 37.8 Å². The minimum absolute atomic E-state index is 0. The first-order valence-electron chi connectivity index (χ1n) is 18.0. The summed E-state index contributed by atoms with van der Waals surface area (Å²) in [5.74, 6) is -0.939. The van der Waals surface area contributed by atoms with Crippen LogP contribution in [0.4, 0.5) is 11.4 Å². The zero-order chi connectivity index (χ0) is 43.0. The second kappa shape index (κ2) is 28.8. The largest absolute Gasteiger partial charge is 0.506 e. The summed E-state index contributed by atoms with van der Waals surface area (Å²) in [4.78, 5) is 40.2. The number of aliphatic carboxylic acids is 2. The molecule has 0 radical (unpaired) electrons. The van der Waals surface area contributed by atoms with Gasteiger partial charge < -0.3 is 72.3 Å². The minimum atomic E-state index is -1.26. The topological polar surface area (TPSA) is 319 Å². The van der Waals surface area contributed by atoms with Crippen LogP contribution in [0.5, 0.6) is 23.0 Å². The molecule has 0 unspecified atom stereocenters. The second-order valence-corrected chi connectivity index (χ2v) is 12.8. The van der Waals surface area contributed by atoms with Crippen LogP contribution in [0.25, 0.3) is 0 Å². The SMILES string of the molecule is COc1ccc(C[C@H](C)NC[C@@H](O)c2ccc(O)c(NC=O)c2)cc1.COc1ccc(C[C@H](C)NC[C@@H](O)c2ccc(O)c(NC=O)c2)cc1.O.O.O=C(O)/C=C/C(=O)O. The van der Waals surface area contributed by atoms with Crippen LogP contribution in [0.3, 0.4) is 0 Å². The summed E-state index contributed by atoms with van der Waals surface area (Å²) >= 11 is 0. The summed E-state index contributed by atoms with van der Waals surface area (Å²) in [6, 6.07) is 25.4. The molecule has 4 rings (SSSR count). The van der Waals surface area contributed by atoms with Crippen molar-refractivity contribution in [1.82, 2.24) is 10.6 Å². The number of benzene rings is 4. The van der Waals surface area contributed by atoms with Gasteiger partial charge in [-0.2, -0.15) is 0 Å². The van der Waals surface area contributed by atoms with Gasteiger partial charge in [0, 0.05) is 37.3 Å². The van der Waals surface area contributed by atoms with E-state index < -0.39 is 24.1 Å². The lowest BCUT2D eigenvalue weighted by Crippen LogP contribution is -2.32. The molecule has 4 atom stereocenters. The quantitative estimate of drug-likeness (QED) is 0.0348. The predicted molar refractivity (Wildman–Crippen MR) is 225 cm³/mol. The summed E-state index contributed by atoms with van der Waals surface area (Å²) in [7, 11) is 3.28. The maximum atomic E-state index is 10.5. The molecule has 4 aromatic carbocycles. The first-order valence-corrected chi connectivity index (χ1v) is 18.0. The molecule has 328 valence electrons. The molecule has 14 N–H and O–H groups in total. The van der Waals surface area contributed by atoms with Crippen LogP contribution in [0, 0.1) is 0 Å². The number of carbonyl (C=O) groups is 4. The number of carboxylic acid groups (broad SMARTS) is 2. The van der Waals surface area contributed by atoms with Crippen molar-refractivity contribution in [1.29, 1.82) is 0 Å². The van der Waals surface area contributed by atoms with E-state index in [0.29, 0.717) is 49.2 Å². The Kier molecular flexibility index (Phi) is 25.7. The van der Waals surface area contributed by atoms with Crippen molar-refractivity contribution in [2.45, 2.75) is 51.0 Å². The number of aliphatic hydroxyl groups is 2. The van der Waals surface area contributed by atoms with E-state index in [0.717, 1.165) is 24.3 Å². The van der Waals surface area contributed by atoms with Crippen LogP contribution in [-0.4, -0.2) is 106 Å². The first kappa shape index (κ1) is 53.5. The molecule has 60 heavy (non-hydrogen) atoms. The summed E-state index contributed by atoms with van der Waals surface area (Å²) in [5.41, 5.74) is 4.14. The summed E-state index contributed by atoms with van der Waals surface area (Å²) in [6.45, 7) is 4.82. The highest BCUT2D eigenvalue weighted by Gasteiger charge is 2.14. The Morgan fingerprint density at radius 1 is 0.600 bits per heavy atom. The van der Waals surface area contributed by atoms with E-state index in [2.05, 4.69) is 21.3 Å². The molecule has 0 spiro atoms. The number of methoxy groups -OCH3 is 2. The number of carbonyl (C=O) groups excluding carboxylic acids is 2. The summed E-state index contributed by atoms with van der Waals surface area (Å²) in [6.07, 6.45) is 2.25. The van der Waals surface area contributed by atoms with Gasteiger partial charge in [-0.3, -0.25) is 9.59 Å². The zero-order valence-corrected chi connectivity index (χ0v) is 33.7. The molecule has 18 nitrogen and oxygen atoms in total. The van der Waals surface area contributed by atoms with Crippen molar-refractivity contribution < 1.29 is 70.2 Å². The van der Waals surface area contributed by atoms with Gasteiger partial charge in [-0.25, -0.2) is 9.59 Å². The average Bonchev–Trinajstić information content (AvgIpc) is 3.21. The van der Waals surface area contributed by atoms with Crippen molar-refractivity contribution in [3.63, 3.8) is 0 Å². The van der Waals surface area contributed by atoms with Crippen LogP contribution in [0.15, 0.2) is 97.1 Å². The Balaban J connectivity index is 0.000000956. The van der Waals surface area contributed by atoms with Gasteiger partial charge in [-0.1, -0.05) is 36.4 Å². The third kappa shape index (κ3) is 20.2. The highest BCUT2D eigenvalue weighted by Crippen LogP contribution is 2.28. The maximum absolute atomic E-state index is 10.5. The smallest absolute Gasteiger partial charge is 0.328 e. The van der Waals surface area contributed by atoms with Crippen molar-refractivity contribution in [2.75, 3.05) is 37.9 Å². The van der Waals surface area contributed by atoms with Gasteiger partial charge >= 0.3 is 11.9 Å². The van der Waals surface area contributed by atoms with Crippen molar-refractivity contribution >= 4 is 36.1 Å². The fraction of sp³-hybridized carbons (Fsp3) is 0.286. The van der Waals surface area contributed by atoms with Gasteiger partial charge in [0.15, 0.2) is 0 Å². The van der Waals surface area contributed by atoms with Crippen LogP contribution in [0.2, 0.25) is 0 Å². The number of carboxylic acids is 2. The number of amides is 2. The number of aliphatic hydroxyl groups excluding tert-OH is 2. The third-order valence-corrected chi connectivity index (χ3v) is 8.33. The summed E-state index contributed by atoms with van der Waals surface area (Å²) in [5, 5.41) is 66.9. The lowest BCUT2D eigenvalue weighted by Gasteiger charge is -2.18. The van der Waals surface area contributed by atoms with E-state index in [1.54, 1.807) is 38.5 Å². The normalized spacial score (nSPS) is 12.2. The van der Waals surface area contributed by atoms with E-state index in [-0.39, 0.29) is 45.9 Å².